The Balaban J connectivity index is 1.17. The zero-order valence-electron chi connectivity index (χ0n) is 34.5. The number of rotatable bonds is 7. The van der Waals surface area contributed by atoms with E-state index in [1.807, 2.05) is 22.7 Å². The molecule has 0 spiro atoms. The summed E-state index contributed by atoms with van der Waals surface area (Å²) in [5, 5.41) is 7.16. The lowest BCUT2D eigenvalue weighted by atomic mass is 9.97. The molecule has 0 N–H and O–H groups in total. The van der Waals surface area contributed by atoms with E-state index >= 15 is 0 Å². The Morgan fingerprint density at radius 1 is 0.297 bits per heavy atom. The van der Waals surface area contributed by atoms with Crippen molar-refractivity contribution in [2.45, 2.75) is 0 Å². The van der Waals surface area contributed by atoms with Crippen molar-refractivity contribution in [2.24, 2.45) is 0 Å². The molecule has 0 aliphatic carbocycles. The van der Waals surface area contributed by atoms with E-state index in [9.17, 15) is 0 Å². The third-order valence-electron chi connectivity index (χ3n) is 12.7. The average Bonchev–Trinajstić information content (AvgIpc) is 4.07. The summed E-state index contributed by atoms with van der Waals surface area (Å²) in [5.74, 6) is 0. The number of anilines is 3. The van der Waals surface area contributed by atoms with Crippen LogP contribution in [0.5, 0.6) is 0 Å². The van der Waals surface area contributed by atoms with Gasteiger partial charge in [-0.1, -0.05) is 176 Å². The minimum atomic E-state index is 0.852. The number of hydrogen-bond donors (Lipinski definition) is 0. The number of hydrogen-bond acceptors (Lipinski definition) is 4. The molecular formula is C60H37NOS2. The summed E-state index contributed by atoms with van der Waals surface area (Å²) in [5.41, 5.74) is 14.4. The monoisotopic (exact) mass is 851 g/mol. The fraction of sp³-hybridized carbons (Fsp3) is 0. The second kappa shape index (κ2) is 15.0. The van der Waals surface area contributed by atoms with Crippen molar-refractivity contribution in [1.29, 1.82) is 0 Å². The molecule has 0 saturated carbocycles. The van der Waals surface area contributed by atoms with Crippen LogP contribution in [0.15, 0.2) is 229 Å². The van der Waals surface area contributed by atoms with Crippen molar-refractivity contribution < 1.29 is 4.42 Å². The zero-order chi connectivity index (χ0) is 42.1. The van der Waals surface area contributed by atoms with Crippen molar-refractivity contribution in [3.63, 3.8) is 0 Å². The zero-order valence-corrected chi connectivity index (χ0v) is 36.2. The lowest BCUT2D eigenvalue weighted by Gasteiger charge is -2.29. The fourth-order valence-corrected chi connectivity index (χ4v) is 12.2. The smallest absolute Gasteiger partial charge is 0.138 e. The minimum absolute atomic E-state index is 0.852. The Kier molecular flexibility index (Phi) is 8.61. The van der Waals surface area contributed by atoms with Crippen molar-refractivity contribution in [3.8, 4) is 44.5 Å². The Hall–Kier alpha value is -7.76. The van der Waals surface area contributed by atoms with Crippen LogP contribution in [0.1, 0.15) is 0 Å². The lowest BCUT2D eigenvalue weighted by Crippen LogP contribution is -2.11. The molecule has 10 aromatic carbocycles. The molecule has 0 bridgehead atoms. The first-order valence-electron chi connectivity index (χ1n) is 21.7. The number of fused-ring (bicyclic) bond motifs is 9. The van der Waals surface area contributed by atoms with Gasteiger partial charge in [0.2, 0.25) is 0 Å². The van der Waals surface area contributed by atoms with E-state index < -0.39 is 0 Å². The topological polar surface area (TPSA) is 16.4 Å². The molecule has 3 heterocycles. The van der Waals surface area contributed by atoms with Crippen LogP contribution in [0.2, 0.25) is 0 Å². The van der Waals surface area contributed by atoms with E-state index in [2.05, 4.69) is 229 Å². The standard InChI is InChI=1S/C60H37NOS2/c1-5-16-38(17-6-1)42-28-30-48-53(35-42)62-54-36-44(40-20-9-3-10-21-40)34-52(57(48)54)61(51-26-15-25-47-46-24-13-14-27-55(46)63-59(47)51)50-33-32-45(41-22-11-4-12-23-41)60-58(50)49-31-29-43(37-56(49)64-60)39-18-7-2-8-19-39/h1-37H. The van der Waals surface area contributed by atoms with Crippen molar-refractivity contribution in [3.05, 3.63) is 224 Å². The second-order valence-corrected chi connectivity index (χ2v) is 18.5. The van der Waals surface area contributed by atoms with Crippen LogP contribution in [-0.4, -0.2) is 0 Å². The summed E-state index contributed by atoms with van der Waals surface area (Å²) in [6.07, 6.45) is 0. The van der Waals surface area contributed by atoms with Gasteiger partial charge in [0, 0.05) is 41.0 Å². The first-order chi connectivity index (χ1) is 31.7. The Labute approximate surface area is 378 Å². The summed E-state index contributed by atoms with van der Waals surface area (Å²) in [6.45, 7) is 0. The van der Waals surface area contributed by atoms with Crippen LogP contribution in [0.3, 0.4) is 0 Å². The summed E-state index contributed by atoms with van der Waals surface area (Å²) in [4.78, 5) is 2.56. The van der Waals surface area contributed by atoms with Crippen LogP contribution in [0, 0.1) is 0 Å². The van der Waals surface area contributed by atoms with Crippen LogP contribution < -0.4 is 4.90 Å². The Bertz CT molecular complexity index is 3890. The van der Waals surface area contributed by atoms with Crippen LogP contribution in [0.4, 0.5) is 17.1 Å². The van der Waals surface area contributed by atoms with E-state index in [1.54, 1.807) is 0 Å². The molecule has 0 amide bonds. The van der Waals surface area contributed by atoms with Crippen molar-refractivity contribution >= 4 is 102 Å². The highest BCUT2D eigenvalue weighted by molar-refractivity contribution is 7.27. The maximum absolute atomic E-state index is 7.03. The van der Waals surface area contributed by atoms with Crippen LogP contribution >= 0.6 is 22.7 Å². The predicted molar refractivity (Wildman–Crippen MR) is 276 cm³/mol. The van der Waals surface area contributed by atoms with Gasteiger partial charge in [-0.2, -0.15) is 0 Å². The van der Waals surface area contributed by atoms with E-state index in [-0.39, 0.29) is 0 Å². The van der Waals surface area contributed by atoms with E-state index in [4.69, 9.17) is 4.42 Å². The molecule has 2 nitrogen and oxygen atoms in total. The predicted octanol–water partition coefficient (Wildman–Crippen LogP) is 18.5. The van der Waals surface area contributed by atoms with E-state index in [0.29, 0.717) is 0 Å². The molecule has 3 aromatic heterocycles. The van der Waals surface area contributed by atoms with Gasteiger partial charge in [-0.25, -0.2) is 0 Å². The first-order valence-corrected chi connectivity index (χ1v) is 23.3. The molecular weight excluding hydrogens is 815 g/mol. The van der Waals surface area contributed by atoms with Gasteiger partial charge in [-0.3, -0.25) is 0 Å². The third kappa shape index (κ3) is 5.99. The van der Waals surface area contributed by atoms with Gasteiger partial charge in [0.1, 0.15) is 11.2 Å². The van der Waals surface area contributed by atoms with E-state index in [0.717, 1.165) is 61.3 Å². The van der Waals surface area contributed by atoms with Gasteiger partial charge in [-0.05, 0) is 93.0 Å². The van der Waals surface area contributed by atoms with Gasteiger partial charge in [0.25, 0.3) is 0 Å². The Morgan fingerprint density at radius 2 is 0.875 bits per heavy atom. The highest BCUT2D eigenvalue weighted by atomic mass is 32.1. The molecule has 0 aliphatic heterocycles. The average molecular weight is 852 g/mol. The number of furan rings is 1. The van der Waals surface area contributed by atoms with Crippen molar-refractivity contribution in [1.82, 2.24) is 0 Å². The number of thiophene rings is 2. The molecule has 13 rings (SSSR count). The molecule has 13 aromatic rings. The van der Waals surface area contributed by atoms with Gasteiger partial charge < -0.3 is 9.32 Å². The van der Waals surface area contributed by atoms with Crippen molar-refractivity contribution in [2.75, 3.05) is 4.90 Å². The SMILES string of the molecule is c1ccc(-c2ccc3c(c2)oc2cc(-c4ccccc4)cc(N(c4cccc5c4sc4ccccc45)c4ccc(-c5ccccc5)c5sc6cc(-c7ccccc7)ccc6c45)c23)cc1. The van der Waals surface area contributed by atoms with Gasteiger partial charge >= 0.3 is 0 Å². The fourth-order valence-electron chi connectivity index (χ4n) is 9.67. The number of benzene rings is 10. The van der Waals surface area contributed by atoms with Gasteiger partial charge in [0.15, 0.2) is 0 Å². The maximum atomic E-state index is 7.03. The molecule has 4 heteroatoms. The minimum Gasteiger partial charge on any atom is -0.456 e. The molecule has 0 fully saturated rings. The van der Waals surface area contributed by atoms with Crippen LogP contribution in [0.25, 0.3) is 107 Å². The quantitative estimate of drug-likeness (QED) is 0.159. The molecule has 0 saturated heterocycles. The summed E-state index contributed by atoms with van der Waals surface area (Å²) in [6, 6.07) is 81.6. The Morgan fingerprint density at radius 3 is 1.59 bits per heavy atom. The van der Waals surface area contributed by atoms with E-state index in [1.165, 1.54) is 62.6 Å². The number of nitrogens with zero attached hydrogens (tertiary/aromatic N) is 1. The van der Waals surface area contributed by atoms with Crippen LogP contribution in [-0.2, 0) is 0 Å². The summed E-state index contributed by atoms with van der Waals surface area (Å²) in [7, 11) is 0. The largest absolute Gasteiger partial charge is 0.456 e. The summed E-state index contributed by atoms with van der Waals surface area (Å²) < 4.78 is 12.1. The molecule has 0 radical (unpaired) electrons. The molecule has 0 aliphatic rings. The second-order valence-electron chi connectivity index (χ2n) is 16.4. The van der Waals surface area contributed by atoms with Gasteiger partial charge in [-0.15, -0.1) is 22.7 Å². The highest BCUT2D eigenvalue weighted by Gasteiger charge is 2.27. The molecule has 0 atom stereocenters. The lowest BCUT2D eigenvalue weighted by molar-refractivity contribution is 0.669. The first kappa shape index (κ1) is 36.9. The van der Waals surface area contributed by atoms with Gasteiger partial charge in [0.05, 0.1) is 27.1 Å². The molecule has 0 unspecified atom stereocenters. The normalized spacial score (nSPS) is 11.8. The molecule has 300 valence electrons. The molecule has 64 heavy (non-hydrogen) atoms. The maximum Gasteiger partial charge on any atom is 0.138 e. The summed E-state index contributed by atoms with van der Waals surface area (Å²) >= 11 is 3.75. The highest BCUT2D eigenvalue weighted by Crippen LogP contribution is 2.54. The third-order valence-corrected chi connectivity index (χ3v) is 15.1.